The Hall–Kier alpha value is -2.51. The molecule has 2 N–H and O–H groups in total. The van der Waals surface area contributed by atoms with E-state index in [1.165, 1.54) is 0 Å². The Bertz CT molecular complexity index is 814. The van der Waals surface area contributed by atoms with Gasteiger partial charge in [-0.3, -0.25) is 4.57 Å². The Kier molecular flexibility index (Phi) is 2.62. The number of halogens is 1. The smallest absolute Gasteiger partial charge is 0.100 e. The molecule has 1 aromatic heterocycles. The van der Waals surface area contributed by atoms with Gasteiger partial charge in [0.05, 0.1) is 33.4 Å². The maximum absolute atomic E-state index is 8.97. The summed E-state index contributed by atoms with van der Waals surface area (Å²) in [5.74, 6) is 0. The highest BCUT2D eigenvalue weighted by atomic mass is 35.5. The van der Waals surface area contributed by atoms with Gasteiger partial charge in [0, 0.05) is 5.69 Å². The number of aromatic nitrogens is 2. The maximum Gasteiger partial charge on any atom is 0.100 e. The fourth-order valence-corrected chi connectivity index (χ4v) is 2.20. The monoisotopic (exact) mass is 268 g/mol. The van der Waals surface area contributed by atoms with E-state index in [1.807, 2.05) is 16.7 Å². The lowest BCUT2D eigenvalue weighted by atomic mass is 10.2. The van der Waals surface area contributed by atoms with Crippen molar-refractivity contribution in [2.75, 3.05) is 5.73 Å². The molecule has 0 atom stereocenters. The van der Waals surface area contributed by atoms with E-state index >= 15 is 0 Å². The average Bonchev–Trinajstić information content (AvgIpc) is 2.82. The van der Waals surface area contributed by atoms with Crippen molar-refractivity contribution in [2.45, 2.75) is 0 Å². The van der Waals surface area contributed by atoms with Crippen LogP contribution in [0.5, 0.6) is 0 Å². The summed E-state index contributed by atoms with van der Waals surface area (Å²) in [6.45, 7) is 0. The van der Waals surface area contributed by atoms with Gasteiger partial charge in [0.25, 0.3) is 0 Å². The van der Waals surface area contributed by atoms with E-state index in [0.29, 0.717) is 16.3 Å². The van der Waals surface area contributed by atoms with E-state index < -0.39 is 0 Å². The first kappa shape index (κ1) is 11.6. The van der Waals surface area contributed by atoms with Gasteiger partial charge in [0.1, 0.15) is 6.33 Å². The molecule has 0 fully saturated rings. The second kappa shape index (κ2) is 4.30. The third-order valence-electron chi connectivity index (χ3n) is 2.91. The van der Waals surface area contributed by atoms with Gasteiger partial charge >= 0.3 is 0 Å². The highest BCUT2D eigenvalue weighted by molar-refractivity contribution is 6.32. The van der Waals surface area contributed by atoms with Crippen molar-refractivity contribution < 1.29 is 0 Å². The van der Waals surface area contributed by atoms with E-state index in [9.17, 15) is 0 Å². The highest BCUT2D eigenvalue weighted by Gasteiger charge is 2.09. The molecule has 0 aliphatic rings. The average molecular weight is 269 g/mol. The van der Waals surface area contributed by atoms with Gasteiger partial charge in [-0.15, -0.1) is 0 Å². The topological polar surface area (TPSA) is 67.6 Å². The Morgan fingerprint density at radius 1 is 1.21 bits per heavy atom. The molecule has 1 heterocycles. The first-order chi connectivity index (χ1) is 9.19. The van der Waals surface area contributed by atoms with E-state index in [4.69, 9.17) is 22.6 Å². The Morgan fingerprint density at radius 2 is 2.05 bits per heavy atom. The zero-order valence-electron chi connectivity index (χ0n) is 9.84. The van der Waals surface area contributed by atoms with Crippen LogP contribution in [-0.4, -0.2) is 9.55 Å². The van der Waals surface area contributed by atoms with Crippen LogP contribution in [0.3, 0.4) is 0 Å². The fourth-order valence-electron chi connectivity index (χ4n) is 1.99. The number of anilines is 1. The second-order valence-corrected chi connectivity index (χ2v) is 4.55. The molecular weight excluding hydrogens is 260 g/mol. The molecule has 0 saturated carbocycles. The summed E-state index contributed by atoms with van der Waals surface area (Å²) >= 11 is 6.19. The number of nitriles is 1. The zero-order chi connectivity index (χ0) is 13.4. The normalized spacial score (nSPS) is 10.5. The van der Waals surface area contributed by atoms with Gasteiger partial charge < -0.3 is 5.73 Å². The molecular formula is C14H9ClN4. The lowest BCUT2D eigenvalue weighted by Gasteiger charge is -2.07. The quantitative estimate of drug-likeness (QED) is 0.690. The van der Waals surface area contributed by atoms with E-state index in [0.717, 1.165) is 16.7 Å². The largest absolute Gasteiger partial charge is 0.399 e. The summed E-state index contributed by atoms with van der Waals surface area (Å²) in [5.41, 5.74) is 9.36. The molecule has 3 rings (SSSR count). The molecule has 0 radical (unpaired) electrons. The summed E-state index contributed by atoms with van der Waals surface area (Å²) in [7, 11) is 0. The minimum Gasteiger partial charge on any atom is -0.399 e. The molecule has 0 aliphatic carbocycles. The molecule has 4 nitrogen and oxygen atoms in total. The molecule has 0 bridgehead atoms. The number of hydrogen-bond donors (Lipinski definition) is 1. The molecule has 19 heavy (non-hydrogen) atoms. The first-order valence-corrected chi connectivity index (χ1v) is 5.99. The zero-order valence-corrected chi connectivity index (χ0v) is 10.6. The number of nitrogens with two attached hydrogens (primary N) is 1. The SMILES string of the molecule is N#Cc1ccc(Cl)c(-n2cnc3cc(N)ccc32)c1. The molecule has 0 unspecified atom stereocenters. The molecule has 0 spiro atoms. The van der Waals surface area contributed by atoms with Gasteiger partial charge in [-0.2, -0.15) is 5.26 Å². The van der Waals surface area contributed by atoms with Crippen LogP contribution < -0.4 is 5.73 Å². The van der Waals surface area contributed by atoms with E-state index in [2.05, 4.69) is 11.1 Å². The molecule has 5 heteroatoms. The summed E-state index contributed by atoms with van der Waals surface area (Å²) in [4.78, 5) is 4.29. The summed E-state index contributed by atoms with van der Waals surface area (Å²) in [6, 6.07) is 12.7. The number of rotatable bonds is 1. The van der Waals surface area contributed by atoms with Crippen LogP contribution in [0.1, 0.15) is 5.56 Å². The third kappa shape index (κ3) is 1.90. The lowest BCUT2D eigenvalue weighted by Crippen LogP contribution is -1.94. The van der Waals surface area contributed by atoms with Crippen molar-refractivity contribution >= 4 is 28.3 Å². The molecule has 2 aromatic carbocycles. The first-order valence-electron chi connectivity index (χ1n) is 5.61. The molecule has 0 aliphatic heterocycles. The second-order valence-electron chi connectivity index (χ2n) is 4.14. The standard InChI is InChI=1S/C14H9ClN4/c15-11-3-1-9(7-16)5-14(11)19-8-18-12-6-10(17)2-4-13(12)19/h1-6,8H,17H2. The minimum atomic E-state index is 0.552. The van der Waals surface area contributed by atoms with Crippen molar-refractivity contribution in [1.29, 1.82) is 5.26 Å². The number of hydrogen-bond acceptors (Lipinski definition) is 3. The lowest BCUT2D eigenvalue weighted by molar-refractivity contribution is 1.09. The number of nitrogens with zero attached hydrogens (tertiary/aromatic N) is 3. The van der Waals surface area contributed by atoms with Crippen LogP contribution in [0, 0.1) is 11.3 Å². The molecule has 3 aromatic rings. The van der Waals surface area contributed by atoms with Crippen LogP contribution in [-0.2, 0) is 0 Å². The van der Waals surface area contributed by atoms with Gasteiger partial charge in [-0.1, -0.05) is 11.6 Å². The number of imidazole rings is 1. The molecule has 0 amide bonds. The predicted octanol–water partition coefficient (Wildman–Crippen LogP) is 3.13. The van der Waals surface area contributed by atoms with Crippen LogP contribution in [0.2, 0.25) is 5.02 Å². The third-order valence-corrected chi connectivity index (χ3v) is 3.23. The van der Waals surface area contributed by atoms with Crippen LogP contribution in [0.15, 0.2) is 42.7 Å². The minimum absolute atomic E-state index is 0.552. The summed E-state index contributed by atoms with van der Waals surface area (Å²) in [6.07, 6.45) is 1.67. The maximum atomic E-state index is 8.97. The van der Waals surface area contributed by atoms with Crippen LogP contribution in [0.4, 0.5) is 5.69 Å². The van der Waals surface area contributed by atoms with Gasteiger partial charge in [0.2, 0.25) is 0 Å². The van der Waals surface area contributed by atoms with E-state index in [1.54, 1.807) is 30.6 Å². The van der Waals surface area contributed by atoms with Gasteiger partial charge in [-0.25, -0.2) is 4.98 Å². The Morgan fingerprint density at radius 3 is 2.84 bits per heavy atom. The predicted molar refractivity (Wildman–Crippen MR) is 75.2 cm³/mol. The summed E-state index contributed by atoms with van der Waals surface area (Å²) in [5, 5.41) is 9.53. The van der Waals surface area contributed by atoms with Crippen molar-refractivity contribution in [3.8, 4) is 11.8 Å². The van der Waals surface area contributed by atoms with Crippen LogP contribution in [0.25, 0.3) is 16.7 Å². The Labute approximate surface area is 114 Å². The van der Waals surface area contributed by atoms with Crippen molar-refractivity contribution in [2.24, 2.45) is 0 Å². The van der Waals surface area contributed by atoms with Crippen LogP contribution >= 0.6 is 11.6 Å². The summed E-state index contributed by atoms with van der Waals surface area (Å²) < 4.78 is 1.85. The van der Waals surface area contributed by atoms with Crippen molar-refractivity contribution in [3.63, 3.8) is 0 Å². The number of fused-ring (bicyclic) bond motifs is 1. The number of nitrogen functional groups attached to an aromatic ring is 1. The van der Waals surface area contributed by atoms with E-state index in [-0.39, 0.29) is 0 Å². The van der Waals surface area contributed by atoms with Crippen molar-refractivity contribution in [1.82, 2.24) is 9.55 Å². The fraction of sp³-hybridized carbons (Fsp3) is 0. The Balaban J connectivity index is 2.28. The molecule has 0 saturated heterocycles. The van der Waals surface area contributed by atoms with Crippen molar-refractivity contribution in [3.05, 3.63) is 53.3 Å². The van der Waals surface area contributed by atoms with Gasteiger partial charge in [-0.05, 0) is 36.4 Å². The number of benzene rings is 2. The molecule has 92 valence electrons. The highest BCUT2D eigenvalue weighted by Crippen LogP contribution is 2.26. The van der Waals surface area contributed by atoms with Gasteiger partial charge in [0.15, 0.2) is 0 Å².